The van der Waals surface area contributed by atoms with Crippen molar-refractivity contribution in [3.05, 3.63) is 41.3 Å². The summed E-state index contributed by atoms with van der Waals surface area (Å²) in [6.45, 7) is 6.18. The second kappa shape index (κ2) is 5.14. The van der Waals surface area contributed by atoms with Gasteiger partial charge in [-0.1, -0.05) is 0 Å². The van der Waals surface area contributed by atoms with Gasteiger partial charge in [0, 0.05) is 30.9 Å². The quantitative estimate of drug-likeness (QED) is 0.641. The summed E-state index contributed by atoms with van der Waals surface area (Å²) < 4.78 is 0. The van der Waals surface area contributed by atoms with Crippen molar-refractivity contribution in [2.24, 2.45) is 0 Å². The van der Waals surface area contributed by atoms with Gasteiger partial charge in [-0.2, -0.15) is 0 Å². The fourth-order valence-electron chi connectivity index (χ4n) is 2.02. The molecule has 5 heteroatoms. The van der Waals surface area contributed by atoms with Gasteiger partial charge in [0.15, 0.2) is 0 Å². The monoisotopic (exact) mass is 234 g/mol. The molecule has 2 rings (SSSR count). The van der Waals surface area contributed by atoms with Crippen molar-refractivity contribution in [2.45, 2.75) is 19.0 Å². The molecule has 1 radical (unpaired) electrons. The molecule has 5 nitrogen and oxygen atoms in total. The Labute approximate surface area is 101 Å². The van der Waals surface area contributed by atoms with Gasteiger partial charge in [-0.3, -0.25) is 15.0 Å². The molecule has 1 unspecified atom stereocenters. The maximum Gasteiger partial charge on any atom is 0.269 e. The third-order valence-electron chi connectivity index (χ3n) is 2.99. The fraction of sp³-hybridized carbons (Fsp3) is 0.417. The van der Waals surface area contributed by atoms with Crippen LogP contribution in [0.15, 0.2) is 24.3 Å². The van der Waals surface area contributed by atoms with Crippen LogP contribution in [0.2, 0.25) is 0 Å². The average Bonchev–Trinajstić information content (AvgIpc) is 2.83. The Balaban J connectivity index is 1.96. The lowest BCUT2D eigenvalue weighted by Crippen LogP contribution is -2.36. The van der Waals surface area contributed by atoms with Gasteiger partial charge in [0.05, 0.1) is 11.1 Å². The Hall–Kier alpha value is -1.62. The lowest BCUT2D eigenvalue weighted by molar-refractivity contribution is -0.384. The molecule has 1 fully saturated rings. The van der Waals surface area contributed by atoms with Crippen LogP contribution in [0.4, 0.5) is 11.4 Å². The molecule has 1 N–H and O–H groups in total. The molecular formula is C12H16N3O2. The predicted octanol–water partition coefficient (Wildman–Crippen LogP) is 2.26. The van der Waals surface area contributed by atoms with E-state index in [1.807, 2.05) is 0 Å². The zero-order valence-corrected chi connectivity index (χ0v) is 9.63. The summed E-state index contributed by atoms with van der Waals surface area (Å²) in [6, 6.07) is 6.43. The van der Waals surface area contributed by atoms with E-state index in [1.165, 1.54) is 25.0 Å². The molecule has 0 amide bonds. The smallest absolute Gasteiger partial charge is 0.269 e. The molecule has 1 aromatic rings. The van der Waals surface area contributed by atoms with Crippen LogP contribution in [0.5, 0.6) is 0 Å². The maximum absolute atomic E-state index is 10.5. The number of non-ortho nitro benzene ring substituents is 1. The van der Waals surface area contributed by atoms with Crippen LogP contribution in [-0.2, 0) is 0 Å². The molecule has 1 aromatic carbocycles. The third-order valence-corrected chi connectivity index (χ3v) is 2.99. The first-order valence-corrected chi connectivity index (χ1v) is 5.75. The molecule has 0 aromatic heterocycles. The number of hydrogen-bond donors (Lipinski definition) is 1. The number of nitrogens with zero attached hydrogens (tertiary/aromatic N) is 2. The summed E-state index contributed by atoms with van der Waals surface area (Å²) in [6.07, 6.45) is 2.46. The maximum atomic E-state index is 10.5. The zero-order valence-electron chi connectivity index (χ0n) is 9.63. The van der Waals surface area contributed by atoms with Crippen LogP contribution in [0.3, 0.4) is 0 Å². The minimum absolute atomic E-state index is 0.0268. The minimum atomic E-state index is -0.397. The summed E-state index contributed by atoms with van der Waals surface area (Å²) in [7, 11) is 0. The van der Waals surface area contributed by atoms with Gasteiger partial charge in [0.25, 0.3) is 5.69 Å². The number of rotatable bonds is 4. The number of nitro groups is 1. The SMILES string of the molecule is [CH2]C(Nc1ccc([N+](=O)[O-])cc1)N1CCCC1. The first-order valence-electron chi connectivity index (χ1n) is 5.75. The molecule has 1 aliphatic rings. The fourth-order valence-corrected chi connectivity index (χ4v) is 2.02. The van der Waals surface area contributed by atoms with E-state index in [2.05, 4.69) is 17.1 Å². The highest BCUT2D eigenvalue weighted by molar-refractivity contribution is 5.49. The van der Waals surface area contributed by atoms with Gasteiger partial charge in [0.2, 0.25) is 0 Å². The molecule has 1 aliphatic heterocycles. The van der Waals surface area contributed by atoms with Crippen LogP contribution in [0.1, 0.15) is 12.8 Å². The Morgan fingerprint density at radius 1 is 1.29 bits per heavy atom. The van der Waals surface area contributed by atoms with E-state index in [4.69, 9.17) is 0 Å². The first-order chi connectivity index (χ1) is 8.16. The Bertz CT molecular complexity index is 385. The molecule has 91 valence electrons. The van der Waals surface area contributed by atoms with Crippen molar-refractivity contribution in [2.75, 3.05) is 18.4 Å². The summed E-state index contributed by atoms with van der Waals surface area (Å²) in [5, 5.41) is 13.8. The van der Waals surface area contributed by atoms with E-state index in [-0.39, 0.29) is 11.9 Å². The molecule has 17 heavy (non-hydrogen) atoms. The summed E-state index contributed by atoms with van der Waals surface area (Å²) in [5.41, 5.74) is 0.972. The normalized spacial score (nSPS) is 17.9. The van der Waals surface area contributed by atoms with Crippen LogP contribution >= 0.6 is 0 Å². The molecule has 1 saturated heterocycles. The van der Waals surface area contributed by atoms with Crippen molar-refractivity contribution in [3.63, 3.8) is 0 Å². The Morgan fingerprint density at radius 3 is 2.41 bits per heavy atom. The third kappa shape index (κ3) is 2.94. The van der Waals surface area contributed by atoms with Gasteiger partial charge < -0.3 is 5.32 Å². The highest BCUT2D eigenvalue weighted by Crippen LogP contribution is 2.18. The van der Waals surface area contributed by atoms with Crippen LogP contribution < -0.4 is 5.32 Å². The van der Waals surface area contributed by atoms with Crippen LogP contribution in [-0.4, -0.2) is 29.1 Å². The largest absolute Gasteiger partial charge is 0.370 e. The van der Waals surface area contributed by atoms with E-state index in [9.17, 15) is 10.1 Å². The summed E-state index contributed by atoms with van der Waals surface area (Å²) >= 11 is 0. The van der Waals surface area contributed by atoms with E-state index in [0.29, 0.717) is 0 Å². The number of likely N-dealkylation sites (tertiary alicyclic amines) is 1. The zero-order chi connectivity index (χ0) is 12.3. The van der Waals surface area contributed by atoms with E-state index in [1.54, 1.807) is 12.1 Å². The van der Waals surface area contributed by atoms with Crippen molar-refractivity contribution < 1.29 is 4.92 Å². The van der Waals surface area contributed by atoms with Gasteiger partial charge in [-0.15, -0.1) is 0 Å². The summed E-state index contributed by atoms with van der Waals surface area (Å²) in [4.78, 5) is 12.4. The molecule has 0 aliphatic carbocycles. The highest BCUT2D eigenvalue weighted by Gasteiger charge is 2.17. The van der Waals surface area contributed by atoms with Gasteiger partial charge in [-0.25, -0.2) is 0 Å². The standard InChI is InChI=1S/C12H16N3O2/c1-10(14-8-2-3-9-14)13-11-4-6-12(7-5-11)15(16)17/h4-7,10,13H,1-3,8-9H2. The minimum Gasteiger partial charge on any atom is -0.370 e. The van der Waals surface area contributed by atoms with E-state index < -0.39 is 4.92 Å². The molecule has 1 atom stereocenters. The second-order valence-electron chi connectivity index (χ2n) is 4.21. The molecule has 0 bridgehead atoms. The van der Waals surface area contributed by atoms with Crippen molar-refractivity contribution in [1.82, 2.24) is 4.90 Å². The van der Waals surface area contributed by atoms with Crippen molar-refractivity contribution >= 4 is 11.4 Å². The topological polar surface area (TPSA) is 58.4 Å². The average molecular weight is 234 g/mol. The second-order valence-corrected chi connectivity index (χ2v) is 4.21. The lowest BCUT2D eigenvalue weighted by Gasteiger charge is -2.25. The molecular weight excluding hydrogens is 218 g/mol. The predicted molar refractivity (Wildman–Crippen MR) is 66.7 cm³/mol. The van der Waals surface area contributed by atoms with Gasteiger partial charge in [-0.05, 0) is 31.9 Å². The highest BCUT2D eigenvalue weighted by atomic mass is 16.6. The first kappa shape index (κ1) is 11.9. The molecule has 0 saturated carbocycles. The number of nitro benzene ring substituents is 1. The number of benzene rings is 1. The Kier molecular flexibility index (Phi) is 3.58. The summed E-state index contributed by atoms with van der Waals surface area (Å²) in [5.74, 6) is 0. The molecule has 0 spiro atoms. The molecule has 1 heterocycles. The van der Waals surface area contributed by atoms with E-state index >= 15 is 0 Å². The number of anilines is 1. The van der Waals surface area contributed by atoms with Crippen molar-refractivity contribution in [3.8, 4) is 0 Å². The number of hydrogen-bond acceptors (Lipinski definition) is 4. The van der Waals surface area contributed by atoms with Crippen molar-refractivity contribution in [1.29, 1.82) is 0 Å². The van der Waals surface area contributed by atoms with Crippen LogP contribution in [0.25, 0.3) is 0 Å². The lowest BCUT2D eigenvalue weighted by atomic mass is 10.3. The van der Waals surface area contributed by atoms with Gasteiger partial charge >= 0.3 is 0 Å². The van der Waals surface area contributed by atoms with Crippen LogP contribution in [0, 0.1) is 17.0 Å². The number of nitrogens with one attached hydrogen (secondary N) is 1. The van der Waals surface area contributed by atoms with Gasteiger partial charge in [0.1, 0.15) is 0 Å². The Morgan fingerprint density at radius 2 is 1.88 bits per heavy atom. The van der Waals surface area contributed by atoms with E-state index in [0.717, 1.165) is 18.8 Å².